The van der Waals surface area contributed by atoms with Gasteiger partial charge in [0.2, 0.25) is 11.9 Å². The van der Waals surface area contributed by atoms with Crippen LogP contribution in [0, 0.1) is 5.95 Å². The summed E-state index contributed by atoms with van der Waals surface area (Å²) in [5.41, 5.74) is 3.58. The Balaban J connectivity index is 1.60. The number of rotatable bonds is 4. The second-order valence-electron chi connectivity index (χ2n) is 7.12. The number of fused-ring (bicyclic) bond motifs is 2. The molecule has 4 aromatic rings. The lowest BCUT2D eigenvalue weighted by molar-refractivity contribution is 0.543. The van der Waals surface area contributed by atoms with Gasteiger partial charge in [-0.05, 0) is 55.3 Å². The van der Waals surface area contributed by atoms with Crippen LogP contribution in [0.3, 0.4) is 0 Å². The average molecular weight is 405 g/mol. The van der Waals surface area contributed by atoms with Crippen LogP contribution in [-0.4, -0.2) is 30.9 Å². The molecule has 0 radical (unpaired) electrons. The number of halogens is 1. The largest absolute Gasteiger partial charge is 0.324 e. The number of hydrogen-bond acceptors (Lipinski definition) is 6. The van der Waals surface area contributed by atoms with Gasteiger partial charge < -0.3 is 10.6 Å². The molecular formula is C21H20FN7O. The highest BCUT2D eigenvalue weighted by molar-refractivity contribution is 5.77. The van der Waals surface area contributed by atoms with Crippen molar-refractivity contribution < 1.29 is 4.39 Å². The van der Waals surface area contributed by atoms with E-state index < -0.39 is 5.95 Å². The molecule has 0 saturated carbocycles. The molecular weight excluding hydrogens is 385 g/mol. The maximum Gasteiger partial charge on any atom is 0.278 e. The summed E-state index contributed by atoms with van der Waals surface area (Å²) in [6, 6.07) is 10.6. The van der Waals surface area contributed by atoms with Crippen LogP contribution in [-0.2, 0) is 19.5 Å². The summed E-state index contributed by atoms with van der Waals surface area (Å²) in [7, 11) is 0. The lowest BCUT2D eigenvalue weighted by Crippen LogP contribution is -2.23. The molecule has 3 aromatic heterocycles. The van der Waals surface area contributed by atoms with Crippen molar-refractivity contribution in [1.29, 1.82) is 0 Å². The molecule has 0 aliphatic carbocycles. The zero-order valence-corrected chi connectivity index (χ0v) is 16.4. The van der Waals surface area contributed by atoms with E-state index in [-0.39, 0.29) is 11.4 Å². The maximum absolute atomic E-state index is 13.7. The molecule has 2 N–H and O–H groups in total. The molecule has 4 heterocycles. The highest BCUT2D eigenvalue weighted by Crippen LogP contribution is 2.22. The third-order valence-electron chi connectivity index (χ3n) is 5.24. The topological polar surface area (TPSA) is 89.7 Å². The first-order valence-electron chi connectivity index (χ1n) is 9.85. The van der Waals surface area contributed by atoms with E-state index in [4.69, 9.17) is 0 Å². The van der Waals surface area contributed by atoms with E-state index in [1.54, 1.807) is 12.1 Å². The zero-order valence-electron chi connectivity index (χ0n) is 16.4. The minimum Gasteiger partial charge on any atom is -0.324 e. The third kappa shape index (κ3) is 3.13. The molecule has 152 valence electrons. The minimum absolute atomic E-state index is 0.244. The summed E-state index contributed by atoms with van der Waals surface area (Å²) < 4.78 is 16.7. The normalized spacial score (nSPS) is 13.4. The maximum atomic E-state index is 13.7. The molecule has 0 saturated heterocycles. The number of pyridine rings is 1. The van der Waals surface area contributed by atoms with Crippen molar-refractivity contribution >= 4 is 22.7 Å². The highest BCUT2D eigenvalue weighted by atomic mass is 19.1. The zero-order chi connectivity index (χ0) is 20.7. The van der Waals surface area contributed by atoms with Crippen molar-refractivity contribution in [3.05, 3.63) is 70.0 Å². The van der Waals surface area contributed by atoms with E-state index in [2.05, 4.69) is 37.7 Å². The standard InChI is InChI=1S/C21H20FN7O/c1-2-28-20(30)16-12-24-21(25-15-7-6-14-11-23-9-8-13(14)10-15)27-19(16)29(28)18-5-3-4-17(22)26-18/h3-7,10,12,23H,2,8-9,11H2,1H3,(H,24,25,27). The van der Waals surface area contributed by atoms with Gasteiger partial charge in [-0.15, -0.1) is 0 Å². The highest BCUT2D eigenvalue weighted by Gasteiger charge is 2.18. The predicted molar refractivity (Wildman–Crippen MR) is 112 cm³/mol. The van der Waals surface area contributed by atoms with E-state index in [1.807, 2.05) is 13.0 Å². The van der Waals surface area contributed by atoms with Crippen molar-refractivity contribution in [2.24, 2.45) is 0 Å². The Hall–Kier alpha value is -3.59. The first-order valence-corrected chi connectivity index (χ1v) is 9.85. The molecule has 0 atom stereocenters. The number of aromatic nitrogens is 5. The predicted octanol–water partition coefficient (Wildman–Crippen LogP) is 2.53. The van der Waals surface area contributed by atoms with Gasteiger partial charge in [0.25, 0.3) is 5.56 Å². The van der Waals surface area contributed by atoms with E-state index in [1.165, 1.54) is 32.8 Å². The molecule has 0 bridgehead atoms. The summed E-state index contributed by atoms with van der Waals surface area (Å²) in [6.07, 6.45) is 2.46. The summed E-state index contributed by atoms with van der Waals surface area (Å²) in [5, 5.41) is 6.93. The summed E-state index contributed by atoms with van der Waals surface area (Å²) in [5.74, 6) is 0.0186. The van der Waals surface area contributed by atoms with Crippen LogP contribution in [0.1, 0.15) is 18.1 Å². The van der Waals surface area contributed by atoms with Crippen molar-refractivity contribution in [1.82, 2.24) is 29.6 Å². The second kappa shape index (κ2) is 7.34. The molecule has 1 aliphatic heterocycles. The van der Waals surface area contributed by atoms with Crippen molar-refractivity contribution in [3.63, 3.8) is 0 Å². The first-order chi connectivity index (χ1) is 14.6. The average Bonchev–Trinajstić information content (AvgIpc) is 3.04. The fourth-order valence-electron chi connectivity index (χ4n) is 3.81. The molecule has 0 fully saturated rings. The van der Waals surface area contributed by atoms with Gasteiger partial charge in [-0.25, -0.2) is 19.3 Å². The van der Waals surface area contributed by atoms with Crippen molar-refractivity contribution in [3.8, 4) is 5.82 Å². The Kier molecular flexibility index (Phi) is 4.51. The molecule has 1 aromatic carbocycles. The molecule has 30 heavy (non-hydrogen) atoms. The van der Waals surface area contributed by atoms with Crippen LogP contribution in [0.25, 0.3) is 16.9 Å². The Morgan fingerprint density at radius 2 is 2.10 bits per heavy atom. The third-order valence-corrected chi connectivity index (χ3v) is 5.24. The number of nitrogens with zero attached hydrogens (tertiary/aromatic N) is 5. The molecule has 1 aliphatic rings. The fourth-order valence-corrected chi connectivity index (χ4v) is 3.81. The summed E-state index contributed by atoms with van der Waals surface area (Å²) >= 11 is 0. The molecule has 0 amide bonds. The van der Waals surface area contributed by atoms with Gasteiger partial charge in [0.15, 0.2) is 11.5 Å². The van der Waals surface area contributed by atoms with Crippen LogP contribution in [0.15, 0.2) is 47.4 Å². The molecule has 9 heteroatoms. The monoisotopic (exact) mass is 405 g/mol. The van der Waals surface area contributed by atoms with Gasteiger partial charge in [-0.1, -0.05) is 12.1 Å². The van der Waals surface area contributed by atoms with Crippen LogP contribution < -0.4 is 16.2 Å². The van der Waals surface area contributed by atoms with Gasteiger partial charge in [-0.2, -0.15) is 9.37 Å². The lowest BCUT2D eigenvalue weighted by atomic mass is 10.0. The Morgan fingerprint density at radius 3 is 2.93 bits per heavy atom. The number of anilines is 2. The first kappa shape index (κ1) is 18.4. The van der Waals surface area contributed by atoms with E-state index in [9.17, 15) is 9.18 Å². The lowest BCUT2D eigenvalue weighted by Gasteiger charge is -2.18. The van der Waals surface area contributed by atoms with Crippen molar-refractivity contribution in [2.45, 2.75) is 26.4 Å². The van der Waals surface area contributed by atoms with E-state index in [0.29, 0.717) is 23.5 Å². The molecule has 0 spiro atoms. The van der Waals surface area contributed by atoms with Crippen molar-refractivity contribution in [2.75, 3.05) is 11.9 Å². The minimum atomic E-state index is -0.625. The fraction of sp³-hybridized carbons (Fsp3) is 0.238. The molecule has 8 nitrogen and oxygen atoms in total. The summed E-state index contributed by atoms with van der Waals surface area (Å²) in [4.78, 5) is 25.6. The molecule has 0 unspecified atom stereocenters. The smallest absolute Gasteiger partial charge is 0.278 e. The Labute approximate surface area is 171 Å². The van der Waals surface area contributed by atoms with Gasteiger partial charge in [0.1, 0.15) is 5.39 Å². The van der Waals surface area contributed by atoms with Crippen LogP contribution >= 0.6 is 0 Å². The van der Waals surface area contributed by atoms with Crippen LogP contribution in [0.2, 0.25) is 0 Å². The Bertz CT molecular complexity index is 1310. The van der Waals surface area contributed by atoms with Gasteiger partial charge in [0, 0.05) is 25.0 Å². The van der Waals surface area contributed by atoms with Gasteiger partial charge >= 0.3 is 0 Å². The van der Waals surface area contributed by atoms with E-state index >= 15 is 0 Å². The van der Waals surface area contributed by atoms with Gasteiger partial charge in [0.05, 0.1) is 0 Å². The summed E-state index contributed by atoms with van der Waals surface area (Å²) in [6.45, 7) is 4.05. The van der Waals surface area contributed by atoms with Gasteiger partial charge in [-0.3, -0.25) is 4.79 Å². The Morgan fingerprint density at radius 1 is 1.20 bits per heavy atom. The number of nitrogens with one attached hydrogen (secondary N) is 2. The second-order valence-corrected chi connectivity index (χ2v) is 7.12. The number of hydrogen-bond donors (Lipinski definition) is 2. The molecule has 5 rings (SSSR count). The SMILES string of the molecule is CCn1c(=O)c2cnc(Nc3ccc4c(c3)CCNC4)nc2n1-c1cccc(F)n1. The number of benzene rings is 1. The van der Waals surface area contributed by atoms with Crippen LogP contribution in [0.5, 0.6) is 0 Å². The van der Waals surface area contributed by atoms with E-state index in [0.717, 1.165) is 25.2 Å². The van der Waals surface area contributed by atoms with Crippen LogP contribution in [0.4, 0.5) is 16.0 Å². The quantitative estimate of drug-likeness (QED) is 0.507.